The minimum absolute atomic E-state index is 0.265. The van der Waals surface area contributed by atoms with Crippen LogP contribution in [0.25, 0.3) is 11.0 Å². The highest BCUT2D eigenvalue weighted by molar-refractivity contribution is 5.94. The molecule has 7 heteroatoms. The maximum atomic E-state index is 13.9. The van der Waals surface area contributed by atoms with Crippen molar-refractivity contribution in [2.75, 3.05) is 5.32 Å². The molecule has 3 heterocycles. The summed E-state index contributed by atoms with van der Waals surface area (Å²) in [6.45, 7) is 5.37. The molecule has 2 aromatic heterocycles. The Labute approximate surface area is 149 Å². The fourth-order valence-electron chi connectivity index (χ4n) is 3.24. The average molecular weight is 355 g/mol. The molecule has 1 N–H and O–H groups in total. The molecule has 1 aliphatic rings. The average Bonchev–Trinajstić information content (AvgIpc) is 3.20. The summed E-state index contributed by atoms with van der Waals surface area (Å²) in [7, 11) is 0. The fourth-order valence-corrected chi connectivity index (χ4v) is 3.24. The van der Waals surface area contributed by atoms with Gasteiger partial charge >= 0.3 is 5.97 Å². The zero-order valence-corrected chi connectivity index (χ0v) is 14.6. The van der Waals surface area contributed by atoms with Crippen molar-refractivity contribution in [3.63, 3.8) is 0 Å². The van der Waals surface area contributed by atoms with Crippen LogP contribution < -0.4 is 5.32 Å². The van der Waals surface area contributed by atoms with Gasteiger partial charge in [0.2, 0.25) is 5.95 Å². The van der Waals surface area contributed by atoms with Gasteiger partial charge in [-0.15, -0.1) is 0 Å². The number of anilines is 1. The normalized spacial score (nSPS) is 16.7. The third kappa shape index (κ3) is 2.56. The Morgan fingerprint density at radius 1 is 1.38 bits per heavy atom. The lowest BCUT2D eigenvalue weighted by molar-refractivity contribution is -0.143. The molecule has 0 spiro atoms. The van der Waals surface area contributed by atoms with E-state index in [1.807, 2.05) is 0 Å². The Hall–Kier alpha value is -3.09. The van der Waals surface area contributed by atoms with Crippen molar-refractivity contribution in [1.82, 2.24) is 9.55 Å². The molecule has 6 nitrogen and oxygen atoms in total. The molecule has 1 aliphatic heterocycles. The van der Waals surface area contributed by atoms with Crippen LogP contribution >= 0.6 is 0 Å². The van der Waals surface area contributed by atoms with Crippen molar-refractivity contribution in [3.8, 4) is 0 Å². The van der Waals surface area contributed by atoms with Crippen LogP contribution in [-0.4, -0.2) is 21.6 Å². The number of fused-ring (bicyclic) bond motifs is 3. The summed E-state index contributed by atoms with van der Waals surface area (Å²) in [5.74, 6) is 0.239. The van der Waals surface area contributed by atoms with E-state index in [-0.39, 0.29) is 11.9 Å². The van der Waals surface area contributed by atoms with Gasteiger partial charge in [0.25, 0.3) is 0 Å². The number of nitrogens with zero attached hydrogens (tertiary/aromatic N) is 2. The van der Waals surface area contributed by atoms with Crippen LogP contribution in [0.5, 0.6) is 0 Å². The molecule has 0 saturated carbocycles. The van der Waals surface area contributed by atoms with Gasteiger partial charge in [0, 0.05) is 5.70 Å². The fraction of sp³-hybridized carbons (Fsp3) is 0.263. The summed E-state index contributed by atoms with van der Waals surface area (Å²) >= 11 is 0. The lowest BCUT2D eigenvalue weighted by Gasteiger charge is -2.29. The number of carbonyl (C=O) groups excluding carboxylic acids is 1. The molecule has 4 rings (SSSR count). The second-order valence-electron chi connectivity index (χ2n) is 6.47. The predicted octanol–water partition coefficient (Wildman–Crippen LogP) is 4.01. The molecule has 0 aliphatic carbocycles. The van der Waals surface area contributed by atoms with Crippen LogP contribution in [0.3, 0.4) is 0 Å². The monoisotopic (exact) mass is 355 g/mol. The second kappa shape index (κ2) is 6.01. The maximum absolute atomic E-state index is 13.9. The lowest BCUT2D eigenvalue weighted by Crippen LogP contribution is -2.29. The number of hydrogen-bond donors (Lipinski definition) is 1. The first-order chi connectivity index (χ1) is 12.5. The number of nitrogens with one attached hydrogen (secondary N) is 1. The standard InChI is InChI=1S/C19H18FN3O3/c1-10(2)26-18(24)16-11(3)21-19-22-13-7-6-12(20)9-14(13)23(19)17(16)15-5-4-8-25-15/h4-10,17H,1-3H3,(H,21,22). The largest absolute Gasteiger partial charge is 0.467 e. The minimum atomic E-state index is -0.598. The van der Waals surface area contributed by atoms with Crippen LogP contribution in [0.2, 0.25) is 0 Å². The van der Waals surface area contributed by atoms with E-state index >= 15 is 0 Å². The molecule has 0 radical (unpaired) electrons. The number of furan rings is 1. The third-order valence-electron chi connectivity index (χ3n) is 4.26. The Morgan fingerprint density at radius 3 is 2.88 bits per heavy atom. The van der Waals surface area contributed by atoms with Crippen molar-refractivity contribution >= 4 is 23.0 Å². The highest BCUT2D eigenvalue weighted by atomic mass is 19.1. The molecule has 0 fully saturated rings. The molecule has 1 unspecified atom stereocenters. The van der Waals surface area contributed by atoms with E-state index in [2.05, 4.69) is 10.3 Å². The van der Waals surface area contributed by atoms with Crippen molar-refractivity contribution < 1.29 is 18.3 Å². The summed E-state index contributed by atoms with van der Waals surface area (Å²) < 4.78 is 26.7. The third-order valence-corrected chi connectivity index (χ3v) is 4.26. The molecular formula is C19H18FN3O3. The van der Waals surface area contributed by atoms with E-state index < -0.39 is 12.0 Å². The zero-order valence-electron chi connectivity index (χ0n) is 14.6. The van der Waals surface area contributed by atoms with Crippen LogP contribution in [0.1, 0.15) is 32.6 Å². The second-order valence-corrected chi connectivity index (χ2v) is 6.47. The number of hydrogen-bond acceptors (Lipinski definition) is 5. The Morgan fingerprint density at radius 2 is 2.19 bits per heavy atom. The van der Waals surface area contributed by atoms with Crippen molar-refractivity contribution in [1.29, 1.82) is 0 Å². The molecule has 0 saturated heterocycles. The molecule has 1 atom stereocenters. The summed E-state index contributed by atoms with van der Waals surface area (Å²) in [5.41, 5.74) is 2.22. The maximum Gasteiger partial charge on any atom is 0.338 e. The van der Waals surface area contributed by atoms with E-state index in [9.17, 15) is 9.18 Å². The van der Waals surface area contributed by atoms with Gasteiger partial charge in [0.15, 0.2) is 0 Å². The quantitative estimate of drug-likeness (QED) is 0.719. The van der Waals surface area contributed by atoms with E-state index in [1.54, 1.807) is 43.5 Å². The number of benzene rings is 1. The molecule has 0 amide bonds. The molecule has 134 valence electrons. The van der Waals surface area contributed by atoms with Crippen LogP contribution in [0, 0.1) is 5.82 Å². The van der Waals surface area contributed by atoms with Gasteiger partial charge in [-0.05, 0) is 51.1 Å². The topological polar surface area (TPSA) is 69.3 Å². The van der Waals surface area contributed by atoms with Gasteiger partial charge in [-0.2, -0.15) is 0 Å². The first-order valence-corrected chi connectivity index (χ1v) is 8.35. The van der Waals surface area contributed by atoms with Crippen molar-refractivity contribution in [2.45, 2.75) is 32.9 Å². The number of esters is 1. The number of halogens is 1. The smallest absolute Gasteiger partial charge is 0.338 e. The van der Waals surface area contributed by atoms with Gasteiger partial charge in [-0.25, -0.2) is 14.2 Å². The highest BCUT2D eigenvalue weighted by Crippen LogP contribution is 2.39. The summed E-state index contributed by atoms with van der Waals surface area (Å²) in [6.07, 6.45) is 1.27. The zero-order chi connectivity index (χ0) is 18.4. The summed E-state index contributed by atoms with van der Waals surface area (Å²) in [6, 6.07) is 7.29. The Balaban J connectivity index is 1.95. The van der Waals surface area contributed by atoms with Crippen molar-refractivity contribution in [2.24, 2.45) is 0 Å². The van der Waals surface area contributed by atoms with E-state index in [0.29, 0.717) is 34.0 Å². The van der Waals surface area contributed by atoms with Crippen LogP contribution in [0.4, 0.5) is 10.3 Å². The van der Waals surface area contributed by atoms with Gasteiger partial charge in [0.1, 0.15) is 17.6 Å². The van der Waals surface area contributed by atoms with Crippen LogP contribution in [-0.2, 0) is 9.53 Å². The first-order valence-electron chi connectivity index (χ1n) is 8.35. The number of allylic oxidation sites excluding steroid dienone is 1. The number of aromatic nitrogens is 2. The highest BCUT2D eigenvalue weighted by Gasteiger charge is 2.36. The van der Waals surface area contributed by atoms with E-state index in [4.69, 9.17) is 9.15 Å². The van der Waals surface area contributed by atoms with E-state index in [0.717, 1.165) is 0 Å². The molecule has 0 bridgehead atoms. The first kappa shape index (κ1) is 16.4. The van der Waals surface area contributed by atoms with Crippen molar-refractivity contribution in [3.05, 3.63) is 59.4 Å². The minimum Gasteiger partial charge on any atom is -0.467 e. The Bertz CT molecular complexity index is 1020. The van der Waals surface area contributed by atoms with Crippen LogP contribution in [0.15, 0.2) is 52.3 Å². The van der Waals surface area contributed by atoms with Gasteiger partial charge in [-0.1, -0.05) is 0 Å². The molecule has 1 aromatic carbocycles. The van der Waals surface area contributed by atoms with E-state index in [1.165, 1.54) is 18.4 Å². The molecular weight excluding hydrogens is 337 g/mol. The van der Waals surface area contributed by atoms with Gasteiger partial charge < -0.3 is 14.5 Å². The molecule has 3 aromatic rings. The Kier molecular flexibility index (Phi) is 3.79. The van der Waals surface area contributed by atoms with Gasteiger partial charge in [0.05, 0.1) is 29.0 Å². The lowest BCUT2D eigenvalue weighted by atomic mass is 10.00. The molecule has 26 heavy (non-hydrogen) atoms. The number of ether oxygens (including phenoxy) is 1. The summed E-state index contributed by atoms with van der Waals surface area (Å²) in [5, 5.41) is 3.13. The SMILES string of the molecule is CC1=C(C(=O)OC(C)C)C(c2ccco2)n2c(nc3ccc(F)cc32)N1. The van der Waals surface area contributed by atoms with Gasteiger partial charge in [-0.3, -0.25) is 4.57 Å². The summed E-state index contributed by atoms with van der Waals surface area (Å²) in [4.78, 5) is 17.3. The number of imidazole rings is 1. The number of carbonyl (C=O) groups is 1. The predicted molar refractivity (Wildman–Crippen MR) is 94.1 cm³/mol. The number of rotatable bonds is 3.